The predicted molar refractivity (Wildman–Crippen MR) is 209 cm³/mol. The molecule has 0 spiro atoms. The normalized spacial score (nSPS) is 20.1. The van der Waals surface area contributed by atoms with Crippen molar-refractivity contribution in [2.45, 2.75) is 36.5 Å². The van der Waals surface area contributed by atoms with Crippen LogP contribution in [0.15, 0.2) is 60.7 Å². The van der Waals surface area contributed by atoms with Gasteiger partial charge in [-0.15, -0.1) is 0 Å². The smallest absolute Gasteiger partial charge is 0.314 e. The lowest BCUT2D eigenvalue weighted by molar-refractivity contribution is -0.146. The lowest BCUT2D eigenvalue weighted by atomic mass is 9.72. The zero-order valence-electron chi connectivity index (χ0n) is 31.5. The molecule has 3 N–H and O–H groups in total. The number of carboxylic acids is 1. The number of likely N-dealkylation sites (N-methyl/N-ethyl adjacent to an activating group) is 1. The molecular formula is C40H51Cl2N5O7. The molecule has 3 amide bonds. The van der Waals surface area contributed by atoms with Gasteiger partial charge in [0.2, 0.25) is 5.75 Å². The Morgan fingerprint density at radius 2 is 1.39 bits per heavy atom. The van der Waals surface area contributed by atoms with Crippen LogP contribution >= 0.6 is 23.2 Å². The predicted octanol–water partition coefficient (Wildman–Crippen LogP) is 5.62. The van der Waals surface area contributed by atoms with Crippen LogP contribution in [0, 0.1) is 0 Å². The van der Waals surface area contributed by atoms with E-state index in [9.17, 15) is 19.5 Å². The summed E-state index contributed by atoms with van der Waals surface area (Å²) in [6.45, 7) is 6.57. The molecule has 292 valence electrons. The molecule has 3 aliphatic heterocycles. The van der Waals surface area contributed by atoms with E-state index in [1.165, 1.54) is 21.3 Å². The van der Waals surface area contributed by atoms with Crippen LogP contribution < -0.4 is 19.9 Å². The number of halogens is 2. The summed E-state index contributed by atoms with van der Waals surface area (Å²) in [5.41, 5.74) is 6.19. The summed E-state index contributed by atoms with van der Waals surface area (Å²) >= 11 is 12.8. The van der Waals surface area contributed by atoms with Crippen LogP contribution in [0.4, 0.5) is 4.79 Å². The van der Waals surface area contributed by atoms with Crippen LogP contribution in [0.5, 0.6) is 17.2 Å². The number of nitrogens with two attached hydrogens (primary N) is 1. The number of hydrogen-bond donors (Lipinski definition) is 2. The minimum Gasteiger partial charge on any atom is -0.493 e. The molecular weight excluding hydrogens is 733 g/mol. The van der Waals surface area contributed by atoms with E-state index in [4.69, 9.17) is 43.1 Å². The summed E-state index contributed by atoms with van der Waals surface area (Å²) in [7, 11) is 6.62. The molecule has 0 aromatic heterocycles. The maximum absolute atomic E-state index is 13.9. The van der Waals surface area contributed by atoms with Gasteiger partial charge in [-0.25, -0.2) is 4.79 Å². The summed E-state index contributed by atoms with van der Waals surface area (Å²) in [5.74, 6) is 0.371. The first-order valence-electron chi connectivity index (χ1n) is 18.2. The molecule has 1 atom stereocenters. The summed E-state index contributed by atoms with van der Waals surface area (Å²) in [6, 6.07) is 18.3. The first kappa shape index (κ1) is 40.9. The molecule has 54 heavy (non-hydrogen) atoms. The number of urea groups is 1. The number of ether oxygens (including phenoxy) is 3. The van der Waals surface area contributed by atoms with Crippen molar-refractivity contribution in [2.24, 2.45) is 5.73 Å². The van der Waals surface area contributed by atoms with Gasteiger partial charge in [0.1, 0.15) is 0 Å². The van der Waals surface area contributed by atoms with Gasteiger partial charge >= 0.3 is 12.0 Å². The standard InChI is InChI=1S/C34H38Cl2N2O6.C6H13N3O/c1-42-28-19-23(20-29(43-2)30(28)44-3)31(39)38-18-12-33(22-38,25-9-10-26(35)27(36)21-25)11-15-37-16-13-34(14-17-37,32(40)41)24-7-5-4-6-8-24;1-8-2-4-9(5-3-8)6(7)10/h4-10,19-21H,11-18,22H2,1-3H3,(H,40,41);2-5H2,1H3,(H2,7,10)/t33-;/m0./s1. The highest BCUT2D eigenvalue weighted by Crippen LogP contribution is 2.43. The third-order valence-electron chi connectivity index (χ3n) is 11.3. The molecule has 0 bridgehead atoms. The van der Waals surface area contributed by atoms with Gasteiger partial charge in [0.05, 0.1) is 36.8 Å². The van der Waals surface area contributed by atoms with Crippen molar-refractivity contribution in [3.05, 3.63) is 87.4 Å². The first-order chi connectivity index (χ1) is 25.9. The number of piperazine rings is 1. The number of likely N-dealkylation sites (tertiary alicyclic amines) is 2. The monoisotopic (exact) mass is 783 g/mol. The third-order valence-corrected chi connectivity index (χ3v) is 12.0. The van der Waals surface area contributed by atoms with Crippen LogP contribution in [-0.4, -0.2) is 130 Å². The second kappa shape index (κ2) is 17.9. The molecule has 3 saturated heterocycles. The van der Waals surface area contributed by atoms with Crippen molar-refractivity contribution in [2.75, 3.05) is 87.3 Å². The second-order valence-corrected chi connectivity index (χ2v) is 15.1. The highest BCUT2D eigenvalue weighted by atomic mass is 35.5. The average Bonchev–Trinajstić information content (AvgIpc) is 3.63. The zero-order valence-corrected chi connectivity index (χ0v) is 33.0. The van der Waals surface area contributed by atoms with Crippen LogP contribution in [-0.2, 0) is 15.6 Å². The van der Waals surface area contributed by atoms with Gasteiger partial charge in [-0.1, -0.05) is 59.6 Å². The molecule has 0 aliphatic carbocycles. The number of hydrogen-bond acceptors (Lipinski definition) is 8. The van der Waals surface area contributed by atoms with Gasteiger partial charge in [0.25, 0.3) is 5.91 Å². The maximum atomic E-state index is 13.9. The van der Waals surface area contributed by atoms with E-state index >= 15 is 0 Å². The molecule has 3 fully saturated rings. The topological polar surface area (TPSA) is 138 Å². The number of amides is 3. The Morgan fingerprint density at radius 1 is 0.759 bits per heavy atom. The number of carbonyl (C=O) groups is 3. The lowest BCUT2D eigenvalue weighted by Gasteiger charge is -2.40. The molecule has 3 aromatic carbocycles. The minimum atomic E-state index is -0.879. The Kier molecular flexibility index (Phi) is 13.6. The molecule has 0 saturated carbocycles. The largest absolute Gasteiger partial charge is 0.493 e. The number of piperidine rings is 1. The van der Waals surface area contributed by atoms with Crippen LogP contribution in [0.25, 0.3) is 0 Å². The van der Waals surface area contributed by atoms with E-state index in [0.29, 0.717) is 71.9 Å². The highest BCUT2D eigenvalue weighted by Gasteiger charge is 2.45. The molecule has 12 nitrogen and oxygen atoms in total. The van der Waals surface area contributed by atoms with Gasteiger partial charge in [-0.2, -0.15) is 0 Å². The van der Waals surface area contributed by atoms with E-state index in [-0.39, 0.29) is 17.4 Å². The average molecular weight is 785 g/mol. The Morgan fingerprint density at radius 3 is 1.93 bits per heavy atom. The van der Waals surface area contributed by atoms with E-state index in [0.717, 1.165) is 56.7 Å². The molecule has 3 aliphatic rings. The Hall–Kier alpha value is -4.23. The second-order valence-electron chi connectivity index (χ2n) is 14.3. The van der Waals surface area contributed by atoms with Crippen molar-refractivity contribution in [1.82, 2.24) is 19.6 Å². The lowest BCUT2D eigenvalue weighted by Crippen LogP contribution is -2.49. The number of primary amides is 1. The number of methoxy groups -OCH3 is 3. The van der Waals surface area contributed by atoms with Gasteiger partial charge in [0.15, 0.2) is 11.5 Å². The van der Waals surface area contributed by atoms with Crippen molar-refractivity contribution in [3.63, 3.8) is 0 Å². The minimum absolute atomic E-state index is 0.127. The van der Waals surface area contributed by atoms with Crippen molar-refractivity contribution >= 4 is 41.1 Å². The highest BCUT2D eigenvalue weighted by molar-refractivity contribution is 6.42. The van der Waals surface area contributed by atoms with Crippen LogP contribution in [0.3, 0.4) is 0 Å². The van der Waals surface area contributed by atoms with Crippen molar-refractivity contribution < 1.29 is 33.7 Å². The molecule has 3 heterocycles. The first-order valence-corrected chi connectivity index (χ1v) is 18.9. The number of carbonyl (C=O) groups excluding carboxylic acids is 2. The fraction of sp³-hybridized carbons (Fsp3) is 0.475. The SMILES string of the molecule is CN1CCN(C(N)=O)CC1.COc1cc(C(=O)N2CC[C@](CCN3CCC(C(=O)O)(c4ccccc4)CC3)(c3ccc(Cl)c(Cl)c3)C2)cc(OC)c1OC. The van der Waals surface area contributed by atoms with Gasteiger partial charge in [-0.05, 0) is 87.8 Å². The van der Waals surface area contributed by atoms with Crippen molar-refractivity contribution in [3.8, 4) is 17.2 Å². The number of aliphatic carboxylic acids is 1. The van der Waals surface area contributed by atoms with Crippen LogP contribution in [0.2, 0.25) is 10.0 Å². The third kappa shape index (κ3) is 9.00. The fourth-order valence-electron chi connectivity index (χ4n) is 7.78. The Bertz CT molecular complexity index is 1760. The maximum Gasteiger partial charge on any atom is 0.314 e. The summed E-state index contributed by atoms with van der Waals surface area (Å²) in [4.78, 5) is 45.0. The van der Waals surface area contributed by atoms with E-state index in [1.54, 1.807) is 17.0 Å². The molecule has 0 radical (unpaired) electrons. The molecule has 3 aromatic rings. The fourth-order valence-corrected chi connectivity index (χ4v) is 8.08. The van der Waals surface area contributed by atoms with Gasteiger partial charge in [0, 0.05) is 50.2 Å². The van der Waals surface area contributed by atoms with Gasteiger partial charge in [-0.3, -0.25) is 9.59 Å². The Labute approximate surface area is 327 Å². The molecule has 0 unspecified atom stereocenters. The van der Waals surface area contributed by atoms with E-state index < -0.39 is 11.4 Å². The number of nitrogens with zero attached hydrogens (tertiary/aromatic N) is 4. The quantitative estimate of drug-likeness (QED) is 0.268. The number of carboxylic acid groups (broad SMARTS) is 1. The summed E-state index contributed by atoms with van der Waals surface area (Å²) < 4.78 is 16.4. The van der Waals surface area contributed by atoms with Crippen LogP contribution in [0.1, 0.15) is 47.2 Å². The number of benzene rings is 3. The molecule has 6 rings (SSSR count). The zero-order chi connectivity index (χ0) is 39.0. The summed E-state index contributed by atoms with van der Waals surface area (Å²) in [5, 5.41) is 11.2. The van der Waals surface area contributed by atoms with Crippen molar-refractivity contribution in [1.29, 1.82) is 0 Å². The summed E-state index contributed by atoms with van der Waals surface area (Å²) in [6.07, 6.45) is 2.60. The van der Waals surface area contributed by atoms with E-state index in [1.807, 2.05) is 60.5 Å². The number of rotatable bonds is 10. The molecule has 14 heteroatoms. The van der Waals surface area contributed by atoms with E-state index in [2.05, 4.69) is 9.80 Å². The Balaban J connectivity index is 0.000000486. The van der Waals surface area contributed by atoms with Gasteiger partial charge < -0.3 is 44.7 Å².